The standard InChI is InChI=1S/C26H28F2N6O6S/c1-17-10-24(34(36)37)29-14-18(17)16-41(38,39)32-8-6-31(7-9-32)23-15-30-33(21-12-19(27)11-20(28)13-21)26(35)25(23)40-22-4-2-3-5-22/h10-15,22H,2-9,16H2,1H3. The number of halogens is 2. The summed E-state index contributed by atoms with van der Waals surface area (Å²) in [4.78, 5) is 29.4. The lowest BCUT2D eigenvalue weighted by Crippen LogP contribution is -2.49. The zero-order chi connectivity index (χ0) is 29.3. The first-order chi connectivity index (χ1) is 19.5. The number of piperazine rings is 1. The van der Waals surface area contributed by atoms with E-state index in [1.807, 2.05) is 0 Å². The molecular formula is C26H28F2N6O6S. The quantitative estimate of drug-likeness (QED) is 0.286. The van der Waals surface area contributed by atoms with Gasteiger partial charge in [0.2, 0.25) is 15.8 Å². The van der Waals surface area contributed by atoms with Crippen LogP contribution in [-0.2, 0) is 15.8 Å². The summed E-state index contributed by atoms with van der Waals surface area (Å²) in [5.74, 6) is -2.42. The molecule has 1 aliphatic carbocycles. The first-order valence-corrected chi connectivity index (χ1v) is 14.7. The highest BCUT2D eigenvalue weighted by Gasteiger charge is 2.31. The van der Waals surface area contributed by atoms with Gasteiger partial charge in [-0.1, -0.05) is 0 Å². The average molecular weight is 591 g/mol. The normalized spacial score (nSPS) is 16.7. The van der Waals surface area contributed by atoms with Gasteiger partial charge in [0.1, 0.15) is 23.5 Å². The Morgan fingerprint density at radius 3 is 2.32 bits per heavy atom. The Balaban J connectivity index is 1.37. The van der Waals surface area contributed by atoms with E-state index in [9.17, 15) is 32.1 Å². The first-order valence-electron chi connectivity index (χ1n) is 13.1. The summed E-state index contributed by atoms with van der Waals surface area (Å²) in [5.41, 5.74) is 0.444. The van der Waals surface area contributed by atoms with Crippen molar-refractivity contribution in [1.29, 1.82) is 0 Å². The molecule has 0 N–H and O–H groups in total. The van der Waals surface area contributed by atoms with Crippen molar-refractivity contribution >= 4 is 21.5 Å². The van der Waals surface area contributed by atoms with Crippen molar-refractivity contribution in [2.45, 2.75) is 44.5 Å². The molecule has 0 atom stereocenters. The molecule has 2 fully saturated rings. The number of aromatic nitrogens is 3. The van der Waals surface area contributed by atoms with Crippen LogP contribution in [-0.4, -0.2) is 64.7 Å². The fourth-order valence-corrected chi connectivity index (χ4v) is 6.70. The summed E-state index contributed by atoms with van der Waals surface area (Å²) >= 11 is 0. The van der Waals surface area contributed by atoms with Crippen molar-refractivity contribution in [2.75, 3.05) is 31.1 Å². The van der Waals surface area contributed by atoms with Crippen LogP contribution in [0.3, 0.4) is 0 Å². The second-order valence-corrected chi connectivity index (χ2v) is 12.1. The number of nitro groups is 1. The lowest BCUT2D eigenvalue weighted by Gasteiger charge is -2.36. The van der Waals surface area contributed by atoms with Crippen molar-refractivity contribution < 1.29 is 26.9 Å². The zero-order valence-corrected chi connectivity index (χ0v) is 23.0. The molecule has 1 aromatic carbocycles. The van der Waals surface area contributed by atoms with E-state index in [1.54, 1.807) is 11.8 Å². The molecule has 5 rings (SSSR count). The van der Waals surface area contributed by atoms with Gasteiger partial charge in [0.25, 0.3) is 0 Å². The third-order valence-electron chi connectivity index (χ3n) is 7.30. The minimum Gasteiger partial charge on any atom is -0.483 e. The van der Waals surface area contributed by atoms with Crippen LogP contribution in [0.25, 0.3) is 5.69 Å². The van der Waals surface area contributed by atoms with E-state index < -0.39 is 32.1 Å². The molecule has 0 unspecified atom stereocenters. The smallest absolute Gasteiger partial charge is 0.363 e. The van der Waals surface area contributed by atoms with Crippen molar-refractivity contribution in [3.05, 3.63) is 79.9 Å². The van der Waals surface area contributed by atoms with Gasteiger partial charge < -0.3 is 19.8 Å². The summed E-state index contributed by atoms with van der Waals surface area (Å²) in [6.45, 7) is 2.29. The SMILES string of the molecule is Cc1cc([N+](=O)[O-])ncc1CS(=O)(=O)N1CCN(c2cnn(-c3cc(F)cc(F)c3)c(=O)c2OC2CCCC2)CC1. The van der Waals surface area contributed by atoms with Crippen LogP contribution in [0.2, 0.25) is 0 Å². The molecule has 2 aliphatic rings. The fourth-order valence-electron chi connectivity index (χ4n) is 5.10. The van der Waals surface area contributed by atoms with Crippen molar-refractivity contribution in [1.82, 2.24) is 19.1 Å². The second-order valence-electron chi connectivity index (χ2n) is 10.1. The number of sulfonamides is 1. The molecule has 15 heteroatoms. The van der Waals surface area contributed by atoms with Gasteiger partial charge in [0.05, 0.1) is 23.7 Å². The summed E-state index contributed by atoms with van der Waals surface area (Å²) in [7, 11) is -3.77. The van der Waals surface area contributed by atoms with Crippen LogP contribution in [0, 0.1) is 28.7 Å². The number of hydrogen-bond donors (Lipinski definition) is 0. The molecule has 0 bridgehead atoms. The van der Waals surface area contributed by atoms with Crippen LogP contribution >= 0.6 is 0 Å². The second kappa shape index (κ2) is 11.5. The maximum absolute atomic E-state index is 13.9. The van der Waals surface area contributed by atoms with Crippen LogP contribution in [0.15, 0.2) is 41.5 Å². The molecule has 3 heterocycles. The predicted octanol–water partition coefficient (Wildman–Crippen LogP) is 3.10. The van der Waals surface area contributed by atoms with E-state index in [1.165, 1.54) is 22.8 Å². The number of ether oxygens (including phenoxy) is 1. The number of aryl methyl sites for hydroxylation is 1. The summed E-state index contributed by atoms with van der Waals surface area (Å²) in [6.07, 6.45) is 5.84. The predicted molar refractivity (Wildman–Crippen MR) is 145 cm³/mol. The van der Waals surface area contributed by atoms with Gasteiger partial charge in [-0.2, -0.15) is 14.1 Å². The maximum Gasteiger partial charge on any atom is 0.363 e. The molecule has 3 aromatic rings. The van der Waals surface area contributed by atoms with Gasteiger partial charge >= 0.3 is 11.4 Å². The first kappa shape index (κ1) is 28.5. The van der Waals surface area contributed by atoms with E-state index in [0.29, 0.717) is 22.9 Å². The summed E-state index contributed by atoms with van der Waals surface area (Å²) in [6, 6.07) is 3.94. The highest BCUT2D eigenvalue weighted by molar-refractivity contribution is 7.88. The zero-order valence-electron chi connectivity index (χ0n) is 22.2. The van der Waals surface area contributed by atoms with Gasteiger partial charge in [-0.15, -0.1) is 0 Å². The lowest BCUT2D eigenvalue weighted by atomic mass is 10.2. The largest absolute Gasteiger partial charge is 0.483 e. The van der Waals surface area contributed by atoms with Crippen LogP contribution in [0.4, 0.5) is 20.3 Å². The van der Waals surface area contributed by atoms with E-state index in [4.69, 9.17) is 4.74 Å². The van der Waals surface area contributed by atoms with E-state index >= 15 is 0 Å². The third kappa shape index (κ3) is 6.20. The molecule has 0 amide bonds. The molecule has 218 valence electrons. The molecule has 12 nitrogen and oxygen atoms in total. The Bertz CT molecular complexity index is 1620. The van der Waals surface area contributed by atoms with Crippen molar-refractivity contribution in [3.8, 4) is 11.4 Å². The maximum atomic E-state index is 13.9. The summed E-state index contributed by atoms with van der Waals surface area (Å²) in [5, 5.41) is 15.1. The van der Waals surface area contributed by atoms with Gasteiger partial charge in [-0.25, -0.2) is 17.2 Å². The molecule has 41 heavy (non-hydrogen) atoms. The fraction of sp³-hybridized carbons (Fsp3) is 0.423. The van der Waals surface area contributed by atoms with Crippen molar-refractivity contribution in [2.24, 2.45) is 0 Å². The Morgan fingerprint density at radius 1 is 1.05 bits per heavy atom. The van der Waals surface area contributed by atoms with Gasteiger partial charge in [0.15, 0.2) is 0 Å². The highest BCUT2D eigenvalue weighted by atomic mass is 32.2. The lowest BCUT2D eigenvalue weighted by molar-refractivity contribution is -0.389. The van der Waals surface area contributed by atoms with Crippen LogP contribution in [0.1, 0.15) is 36.8 Å². The minimum absolute atomic E-state index is 0.000422. The molecule has 0 radical (unpaired) electrons. The Morgan fingerprint density at radius 2 is 1.71 bits per heavy atom. The van der Waals surface area contributed by atoms with Gasteiger partial charge in [-0.05, 0) is 60.2 Å². The minimum atomic E-state index is -3.77. The number of rotatable bonds is 8. The van der Waals surface area contributed by atoms with Gasteiger partial charge in [-0.3, -0.25) is 4.79 Å². The molecule has 0 spiro atoms. The Hall–Kier alpha value is -3.98. The number of nitrogens with zero attached hydrogens (tertiary/aromatic N) is 6. The van der Waals surface area contributed by atoms with E-state index in [-0.39, 0.29) is 55.3 Å². The van der Waals surface area contributed by atoms with Crippen LogP contribution in [0.5, 0.6) is 5.75 Å². The number of benzene rings is 1. The summed E-state index contributed by atoms with van der Waals surface area (Å²) < 4.78 is 62.5. The molecule has 2 aromatic heterocycles. The Labute approximate surface area is 234 Å². The topological polar surface area (TPSA) is 141 Å². The van der Waals surface area contributed by atoms with E-state index in [0.717, 1.165) is 42.5 Å². The highest BCUT2D eigenvalue weighted by Crippen LogP contribution is 2.31. The molecule has 1 aliphatic heterocycles. The number of hydrogen-bond acceptors (Lipinski definition) is 9. The number of pyridine rings is 1. The monoisotopic (exact) mass is 590 g/mol. The van der Waals surface area contributed by atoms with Crippen molar-refractivity contribution in [3.63, 3.8) is 0 Å². The molecular weight excluding hydrogens is 562 g/mol. The molecule has 1 saturated carbocycles. The van der Waals surface area contributed by atoms with Gasteiger partial charge in [0, 0.05) is 43.9 Å². The average Bonchev–Trinajstić information content (AvgIpc) is 3.43. The van der Waals surface area contributed by atoms with E-state index in [2.05, 4.69) is 10.1 Å². The Kier molecular flexibility index (Phi) is 8.00. The number of anilines is 1. The third-order valence-corrected chi connectivity index (χ3v) is 9.12. The van der Waals surface area contributed by atoms with Crippen LogP contribution < -0.4 is 15.2 Å². The molecule has 1 saturated heterocycles.